The number of esters is 1. The predicted octanol–water partition coefficient (Wildman–Crippen LogP) is 1.66. The molecule has 0 saturated heterocycles. The van der Waals surface area contributed by atoms with E-state index in [-0.39, 0.29) is 0 Å². The van der Waals surface area contributed by atoms with Gasteiger partial charge in [0.1, 0.15) is 6.61 Å². The number of nitrogens with one attached hydrogen (secondary N) is 1. The number of halogens is 7. The van der Waals surface area contributed by atoms with Crippen molar-refractivity contribution in [3.05, 3.63) is 12.7 Å². The fourth-order valence-electron chi connectivity index (χ4n) is 0.807. The minimum absolute atomic E-state index is 0.689. The zero-order valence-electron chi connectivity index (χ0n) is 9.57. The first-order valence-corrected chi connectivity index (χ1v) is 4.77. The van der Waals surface area contributed by atoms with Crippen LogP contribution in [0.3, 0.4) is 0 Å². The van der Waals surface area contributed by atoms with E-state index in [9.17, 15) is 40.3 Å². The zero-order chi connectivity index (χ0) is 16.2. The van der Waals surface area contributed by atoms with Crippen LogP contribution in [-0.2, 0) is 14.3 Å². The maximum atomic E-state index is 12.7. The van der Waals surface area contributed by atoms with Crippen molar-refractivity contribution < 1.29 is 45.1 Å². The maximum absolute atomic E-state index is 12.7. The molecule has 1 amide bonds. The maximum Gasteiger partial charge on any atom is 0.460 e. The standard InChI is InChI=1S/C9H8F7NO3/c1-2-5(18)20-4-3-17-6(19)7(10,11)8(12,13)9(14,15)16/h2H,1,3-4H2,(H,17,19). The summed E-state index contributed by atoms with van der Waals surface area (Å²) in [4.78, 5) is 21.1. The molecule has 0 spiro atoms. The van der Waals surface area contributed by atoms with Crippen molar-refractivity contribution >= 4 is 11.9 Å². The van der Waals surface area contributed by atoms with E-state index in [1.807, 2.05) is 0 Å². The molecule has 0 aromatic heterocycles. The summed E-state index contributed by atoms with van der Waals surface area (Å²) >= 11 is 0. The van der Waals surface area contributed by atoms with Crippen molar-refractivity contribution in [3.8, 4) is 0 Å². The van der Waals surface area contributed by atoms with Crippen molar-refractivity contribution in [2.75, 3.05) is 13.2 Å². The Bertz CT molecular complexity index is 391. The second-order valence-corrected chi connectivity index (χ2v) is 3.27. The number of hydrogen-bond acceptors (Lipinski definition) is 3. The van der Waals surface area contributed by atoms with Gasteiger partial charge in [0, 0.05) is 6.08 Å². The molecule has 0 fully saturated rings. The van der Waals surface area contributed by atoms with Crippen LogP contribution in [0, 0.1) is 0 Å². The highest BCUT2D eigenvalue weighted by Crippen LogP contribution is 2.46. The van der Waals surface area contributed by atoms with Gasteiger partial charge in [-0.2, -0.15) is 30.7 Å². The molecule has 20 heavy (non-hydrogen) atoms. The van der Waals surface area contributed by atoms with E-state index in [1.165, 1.54) is 0 Å². The average molecular weight is 311 g/mol. The smallest absolute Gasteiger partial charge is 0.460 e. The Kier molecular flexibility index (Phi) is 5.54. The van der Waals surface area contributed by atoms with Gasteiger partial charge in [0.25, 0.3) is 5.91 Å². The lowest BCUT2D eigenvalue weighted by Crippen LogP contribution is -2.59. The number of amides is 1. The van der Waals surface area contributed by atoms with Crippen LogP contribution in [0.4, 0.5) is 30.7 Å². The Morgan fingerprint density at radius 2 is 1.60 bits per heavy atom. The van der Waals surface area contributed by atoms with E-state index < -0.39 is 43.0 Å². The van der Waals surface area contributed by atoms with Crippen LogP contribution in [0.5, 0.6) is 0 Å². The molecule has 0 heterocycles. The molecule has 116 valence electrons. The Balaban J connectivity index is 4.61. The van der Waals surface area contributed by atoms with Crippen molar-refractivity contribution in [1.29, 1.82) is 0 Å². The summed E-state index contributed by atoms with van der Waals surface area (Å²) in [7, 11) is 0. The zero-order valence-corrected chi connectivity index (χ0v) is 9.57. The summed E-state index contributed by atoms with van der Waals surface area (Å²) in [5, 5.41) is 1.10. The second kappa shape index (κ2) is 6.09. The first-order chi connectivity index (χ1) is 8.88. The van der Waals surface area contributed by atoms with Crippen LogP contribution >= 0.6 is 0 Å². The van der Waals surface area contributed by atoms with Crippen LogP contribution in [0.25, 0.3) is 0 Å². The highest BCUT2D eigenvalue weighted by molar-refractivity contribution is 5.85. The third-order valence-electron chi connectivity index (χ3n) is 1.83. The third kappa shape index (κ3) is 3.84. The summed E-state index contributed by atoms with van der Waals surface area (Å²) in [6.45, 7) is 1.39. The van der Waals surface area contributed by atoms with Crippen molar-refractivity contribution in [1.82, 2.24) is 5.32 Å². The number of ether oxygens (including phenoxy) is 1. The molecule has 0 aliphatic carbocycles. The molecule has 0 radical (unpaired) electrons. The van der Waals surface area contributed by atoms with Gasteiger partial charge in [0.15, 0.2) is 0 Å². The lowest BCUT2D eigenvalue weighted by atomic mass is 10.1. The van der Waals surface area contributed by atoms with Gasteiger partial charge < -0.3 is 10.1 Å². The van der Waals surface area contributed by atoms with Crippen molar-refractivity contribution in [2.45, 2.75) is 18.0 Å². The molecular formula is C9H8F7NO3. The third-order valence-corrected chi connectivity index (χ3v) is 1.83. The minimum atomic E-state index is -6.59. The van der Waals surface area contributed by atoms with E-state index in [2.05, 4.69) is 11.3 Å². The molecule has 0 aromatic rings. The van der Waals surface area contributed by atoms with Gasteiger partial charge in [-0.05, 0) is 0 Å². The van der Waals surface area contributed by atoms with Gasteiger partial charge in [0.2, 0.25) is 0 Å². The van der Waals surface area contributed by atoms with E-state index in [0.717, 1.165) is 5.32 Å². The quantitative estimate of drug-likeness (QED) is 0.351. The summed E-state index contributed by atoms with van der Waals surface area (Å²) < 4.78 is 89.7. The van der Waals surface area contributed by atoms with Crippen LogP contribution in [0.1, 0.15) is 0 Å². The molecule has 0 unspecified atom stereocenters. The highest BCUT2D eigenvalue weighted by Gasteiger charge is 2.76. The molecule has 0 aliphatic heterocycles. The monoisotopic (exact) mass is 311 g/mol. The SMILES string of the molecule is C=CC(=O)OCCNC(=O)C(F)(F)C(F)(F)C(F)(F)F. The Labute approximate surface area is 107 Å². The van der Waals surface area contributed by atoms with Gasteiger partial charge >= 0.3 is 24.0 Å². The predicted molar refractivity (Wildman–Crippen MR) is 50.1 cm³/mol. The van der Waals surface area contributed by atoms with E-state index in [0.29, 0.717) is 6.08 Å². The van der Waals surface area contributed by atoms with Crippen LogP contribution < -0.4 is 5.32 Å². The minimum Gasteiger partial charge on any atom is -0.461 e. The number of alkyl halides is 7. The van der Waals surface area contributed by atoms with Crippen LogP contribution in [-0.4, -0.2) is 43.0 Å². The Morgan fingerprint density at radius 3 is 2.00 bits per heavy atom. The van der Waals surface area contributed by atoms with E-state index in [1.54, 1.807) is 0 Å². The lowest BCUT2D eigenvalue weighted by molar-refractivity contribution is -0.344. The van der Waals surface area contributed by atoms with Gasteiger partial charge in [-0.15, -0.1) is 0 Å². The highest BCUT2D eigenvalue weighted by atomic mass is 19.4. The molecular weight excluding hydrogens is 303 g/mol. The van der Waals surface area contributed by atoms with Crippen LogP contribution in [0.2, 0.25) is 0 Å². The Hall–Kier alpha value is -1.81. The topological polar surface area (TPSA) is 55.4 Å². The molecule has 0 saturated carbocycles. The first kappa shape index (κ1) is 18.2. The molecule has 0 rings (SSSR count). The number of carbonyl (C=O) groups is 2. The molecule has 4 nitrogen and oxygen atoms in total. The van der Waals surface area contributed by atoms with Gasteiger partial charge in [-0.25, -0.2) is 4.79 Å². The first-order valence-electron chi connectivity index (χ1n) is 4.77. The second-order valence-electron chi connectivity index (χ2n) is 3.27. The summed E-state index contributed by atoms with van der Waals surface area (Å²) in [5.74, 6) is -16.4. The molecule has 0 aromatic carbocycles. The lowest BCUT2D eigenvalue weighted by Gasteiger charge is -2.26. The summed E-state index contributed by atoms with van der Waals surface area (Å²) in [6, 6.07) is 0. The fraction of sp³-hybridized carbons (Fsp3) is 0.556. The molecule has 11 heteroatoms. The fourth-order valence-corrected chi connectivity index (χ4v) is 0.807. The summed E-state index contributed by atoms with van der Waals surface area (Å²) in [6.07, 6.45) is -5.91. The molecule has 0 bridgehead atoms. The number of hydrogen-bond donors (Lipinski definition) is 1. The van der Waals surface area contributed by atoms with E-state index in [4.69, 9.17) is 0 Å². The van der Waals surface area contributed by atoms with Gasteiger partial charge in [-0.3, -0.25) is 4.79 Å². The van der Waals surface area contributed by atoms with Gasteiger partial charge in [-0.1, -0.05) is 6.58 Å². The normalized spacial score (nSPS) is 12.8. The largest absolute Gasteiger partial charge is 0.461 e. The molecule has 0 atom stereocenters. The molecule has 1 N–H and O–H groups in total. The van der Waals surface area contributed by atoms with Crippen LogP contribution in [0.15, 0.2) is 12.7 Å². The average Bonchev–Trinajstić information content (AvgIpc) is 2.32. The molecule has 0 aliphatic rings. The number of carbonyl (C=O) groups excluding carboxylic acids is 2. The van der Waals surface area contributed by atoms with Gasteiger partial charge in [0.05, 0.1) is 6.54 Å². The number of rotatable bonds is 6. The summed E-state index contributed by atoms with van der Waals surface area (Å²) in [5.41, 5.74) is 0. The van der Waals surface area contributed by atoms with E-state index >= 15 is 0 Å². The van der Waals surface area contributed by atoms with Crippen molar-refractivity contribution in [3.63, 3.8) is 0 Å². The van der Waals surface area contributed by atoms with Crippen molar-refractivity contribution in [2.24, 2.45) is 0 Å². The Morgan fingerprint density at radius 1 is 1.10 bits per heavy atom.